The molecular formula is C11H11F3O. The molecule has 0 aliphatic heterocycles. The smallest absolute Gasteiger partial charge is 0.383 e. The molecule has 82 valence electrons. The number of rotatable bonds is 2. The first-order valence-corrected chi connectivity index (χ1v) is 4.80. The normalized spacial score (nSPS) is 27.5. The van der Waals surface area contributed by atoms with Crippen LogP contribution in [0.1, 0.15) is 17.9 Å². The molecule has 2 rings (SSSR count). The van der Waals surface area contributed by atoms with Crippen LogP contribution in [0.4, 0.5) is 13.2 Å². The number of alkyl halides is 3. The Labute approximate surface area is 85.5 Å². The Balaban J connectivity index is 2.03. The van der Waals surface area contributed by atoms with E-state index in [0.717, 1.165) is 5.56 Å². The summed E-state index contributed by atoms with van der Waals surface area (Å²) in [6.45, 7) is 0. The van der Waals surface area contributed by atoms with Crippen molar-refractivity contribution in [3.8, 4) is 0 Å². The summed E-state index contributed by atoms with van der Waals surface area (Å²) in [6, 6.07) is 9.01. The third-order valence-electron chi connectivity index (χ3n) is 2.81. The predicted molar refractivity (Wildman–Crippen MR) is 49.4 cm³/mol. The lowest BCUT2D eigenvalue weighted by Crippen LogP contribution is -2.30. The van der Waals surface area contributed by atoms with Gasteiger partial charge < -0.3 is 5.11 Å². The highest BCUT2D eigenvalue weighted by Crippen LogP contribution is 2.52. The van der Waals surface area contributed by atoms with Gasteiger partial charge in [-0.2, -0.15) is 13.2 Å². The summed E-state index contributed by atoms with van der Waals surface area (Å²) >= 11 is 0. The fourth-order valence-electron chi connectivity index (χ4n) is 1.89. The number of hydrogen-bond acceptors (Lipinski definition) is 1. The molecule has 1 aromatic carbocycles. The standard InChI is InChI=1S/C11H11F3O/c12-11(13,14)10(15)9-6-8(9)7-4-2-1-3-5-7/h1-5,8-10,15H,6H2/t8-,9+,10+/m0/s1. The zero-order valence-electron chi connectivity index (χ0n) is 7.91. The summed E-state index contributed by atoms with van der Waals surface area (Å²) in [6.07, 6.45) is -6.25. The van der Waals surface area contributed by atoms with E-state index in [4.69, 9.17) is 5.11 Å². The van der Waals surface area contributed by atoms with Crippen molar-refractivity contribution in [1.29, 1.82) is 0 Å². The molecule has 1 saturated carbocycles. The number of aliphatic hydroxyl groups excluding tert-OH is 1. The van der Waals surface area contributed by atoms with Crippen LogP contribution in [-0.4, -0.2) is 17.4 Å². The number of aliphatic hydroxyl groups is 1. The Morgan fingerprint density at radius 1 is 1.20 bits per heavy atom. The Kier molecular flexibility index (Phi) is 2.46. The average Bonchev–Trinajstić information content (AvgIpc) is 2.96. The predicted octanol–water partition coefficient (Wildman–Crippen LogP) is 2.71. The summed E-state index contributed by atoms with van der Waals surface area (Å²) in [5.41, 5.74) is 0.880. The summed E-state index contributed by atoms with van der Waals surface area (Å²) in [4.78, 5) is 0. The second-order valence-corrected chi connectivity index (χ2v) is 3.90. The number of halogens is 3. The van der Waals surface area contributed by atoms with Crippen molar-refractivity contribution >= 4 is 0 Å². The zero-order chi connectivity index (χ0) is 11.1. The van der Waals surface area contributed by atoms with Crippen LogP contribution < -0.4 is 0 Å². The Morgan fingerprint density at radius 3 is 2.33 bits per heavy atom. The van der Waals surface area contributed by atoms with Crippen molar-refractivity contribution in [2.75, 3.05) is 0 Å². The lowest BCUT2D eigenvalue weighted by Gasteiger charge is -2.14. The largest absolute Gasteiger partial charge is 0.414 e. The molecule has 0 heterocycles. The van der Waals surface area contributed by atoms with Gasteiger partial charge in [-0.3, -0.25) is 0 Å². The van der Waals surface area contributed by atoms with Crippen molar-refractivity contribution in [3.05, 3.63) is 35.9 Å². The zero-order valence-corrected chi connectivity index (χ0v) is 7.91. The highest BCUT2D eigenvalue weighted by molar-refractivity contribution is 5.26. The Bertz CT molecular complexity index is 333. The molecule has 0 aromatic heterocycles. The van der Waals surface area contributed by atoms with Gasteiger partial charge in [-0.1, -0.05) is 30.3 Å². The van der Waals surface area contributed by atoms with Crippen LogP contribution in [0.5, 0.6) is 0 Å². The molecule has 15 heavy (non-hydrogen) atoms. The minimum Gasteiger partial charge on any atom is -0.383 e. The minimum absolute atomic E-state index is 0.136. The molecule has 0 amide bonds. The fourth-order valence-corrected chi connectivity index (χ4v) is 1.89. The van der Waals surface area contributed by atoms with Crippen LogP contribution in [0.2, 0.25) is 0 Å². The van der Waals surface area contributed by atoms with Gasteiger partial charge >= 0.3 is 6.18 Å². The van der Waals surface area contributed by atoms with E-state index in [9.17, 15) is 13.2 Å². The Hall–Kier alpha value is -1.03. The van der Waals surface area contributed by atoms with Gasteiger partial charge in [0, 0.05) is 5.92 Å². The molecule has 1 nitrogen and oxygen atoms in total. The molecule has 0 saturated heterocycles. The quantitative estimate of drug-likeness (QED) is 0.805. The van der Waals surface area contributed by atoms with E-state index < -0.39 is 18.2 Å². The van der Waals surface area contributed by atoms with Crippen LogP contribution in [0.25, 0.3) is 0 Å². The second kappa shape index (κ2) is 3.52. The van der Waals surface area contributed by atoms with E-state index >= 15 is 0 Å². The monoisotopic (exact) mass is 216 g/mol. The first-order chi connectivity index (χ1) is 7.00. The first-order valence-electron chi connectivity index (χ1n) is 4.80. The van der Waals surface area contributed by atoms with E-state index in [-0.39, 0.29) is 5.92 Å². The maximum atomic E-state index is 12.2. The lowest BCUT2D eigenvalue weighted by atomic mass is 10.1. The van der Waals surface area contributed by atoms with E-state index in [0.29, 0.717) is 6.42 Å². The molecule has 0 radical (unpaired) electrons. The van der Waals surface area contributed by atoms with Gasteiger partial charge in [0.15, 0.2) is 6.10 Å². The van der Waals surface area contributed by atoms with Gasteiger partial charge in [0.25, 0.3) is 0 Å². The highest BCUT2D eigenvalue weighted by atomic mass is 19.4. The van der Waals surface area contributed by atoms with Gasteiger partial charge in [-0.25, -0.2) is 0 Å². The number of benzene rings is 1. The van der Waals surface area contributed by atoms with Crippen LogP contribution in [-0.2, 0) is 0 Å². The Morgan fingerprint density at radius 2 is 1.80 bits per heavy atom. The van der Waals surface area contributed by atoms with Gasteiger partial charge in [0.2, 0.25) is 0 Å². The number of hydrogen-bond donors (Lipinski definition) is 1. The van der Waals surface area contributed by atoms with Crippen molar-refractivity contribution in [1.82, 2.24) is 0 Å². The molecule has 0 spiro atoms. The molecule has 1 fully saturated rings. The molecule has 1 N–H and O–H groups in total. The molecule has 3 atom stereocenters. The van der Waals surface area contributed by atoms with Crippen LogP contribution in [0.3, 0.4) is 0 Å². The lowest BCUT2D eigenvalue weighted by molar-refractivity contribution is -0.210. The van der Waals surface area contributed by atoms with Gasteiger partial charge in [-0.05, 0) is 17.9 Å². The molecule has 1 aromatic rings. The van der Waals surface area contributed by atoms with E-state index in [1.807, 2.05) is 6.07 Å². The van der Waals surface area contributed by atoms with Crippen molar-refractivity contribution in [2.45, 2.75) is 24.6 Å². The van der Waals surface area contributed by atoms with E-state index in [1.54, 1.807) is 24.3 Å². The van der Waals surface area contributed by atoms with Crippen LogP contribution in [0, 0.1) is 5.92 Å². The second-order valence-electron chi connectivity index (χ2n) is 3.90. The third-order valence-corrected chi connectivity index (χ3v) is 2.81. The highest BCUT2D eigenvalue weighted by Gasteiger charge is 2.54. The van der Waals surface area contributed by atoms with Crippen molar-refractivity contribution < 1.29 is 18.3 Å². The SMILES string of the molecule is O[C@H]([C@@H]1C[C@H]1c1ccccc1)C(F)(F)F. The topological polar surface area (TPSA) is 20.2 Å². The van der Waals surface area contributed by atoms with E-state index in [1.165, 1.54) is 0 Å². The first kappa shape index (κ1) is 10.5. The van der Waals surface area contributed by atoms with Crippen molar-refractivity contribution in [3.63, 3.8) is 0 Å². The minimum atomic E-state index is -4.49. The van der Waals surface area contributed by atoms with Crippen molar-refractivity contribution in [2.24, 2.45) is 5.92 Å². The maximum absolute atomic E-state index is 12.2. The van der Waals surface area contributed by atoms with Crippen LogP contribution in [0.15, 0.2) is 30.3 Å². The summed E-state index contributed by atoms with van der Waals surface area (Å²) in [5, 5.41) is 9.03. The van der Waals surface area contributed by atoms with E-state index in [2.05, 4.69) is 0 Å². The molecule has 0 bridgehead atoms. The maximum Gasteiger partial charge on any atom is 0.414 e. The fraction of sp³-hybridized carbons (Fsp3) is 0.455. The third kappa shape index (κ3) is 2.15. The molecule has 1 aliphatic rings. The molecular weight excluding hydrogens is 205 g/mol. The molecule has 4 heteroatoms. The summed E-state index contributed by atoms with van der Waals surface area (Å²) in [7, 11) is 0. The molecule has 0 unspecified atom stereocenters. The summed E-state index contributed by atoms with van der Waals surface area (Å²) < 4.78 is 36.5. The molecule has 1 aliphatic carbocycles. The summed E-state index contributed by atoms with van der Waals surface area (Å²) in [5.74, 6) is -0.796. The van der Waals surface area contributed by atoms with Gasteiger partial charge in [0.05, 0.1) is 0 Å². The van der Waals surface area contributed by atoms with Gasteiger partial charge in [-0.15, -0.1) is 0 Å². The van der Waals surface area contributed by atoms with Crippen LogP contribution >= 0.6 is 0 Å². The van der Waals surface area contributed by atoms with Gasteiger partial charge in [0.1, 0.15) is 0 Å². The average molecular weight is 216 g/mol.